The molecule has 8 heavy (non-hydrogen) atoms. The molecule has 0 unspecified atom stereocenters. The van der Waals surface area contributed by atoms with Gasteiger partial charge in [-0.05, 0) is 12.8 Å². The third-order valence-corrected chi connectivity index (χ3v) is 0.697. The minimum atomic E-state index is 0. The summed E-state index contributed by atoms with van der Waals surface area (Å²) in [6.45, 7) is 6.09. The van der Waals surface area contributed by atoms with Crippen LogP contribution in [0.2, 0.25) is 0 Å². The van der Waals surface area contributed by atoms with E-state index in [4.69, 9.17) is 4.74 Å². The van der Waals surface area contributed by atoms with Gasteiger partial charge in [0, 0.05) is 13.2 Å². The van der Waals surface area contributed by atoms with Crippen LogP contribution in [0.1, 0.15) is 26.7 Å². The summed E-state index contributed by atoms with van der Waals surface area (Å²) in [5.41, 5.74) is 0. The fourth-order valence-corrected chi connectivity index (χ4v) is 0.391. The van der Waals surface area contributed by atoms with Crippen LogP contribution in [0.25, 0.3) is 0 Å². The van der Waals surface area contributed by atoms with E-state index in [1.54, 1.807) is 0 Å². The second-order valence-electron chi connectivity index (χ2n) is 1.61. The predicted molar refractivity (Wildman–Crippen MR) is 39.9 cm³/mol. The van der Waals surface area contributed by atoms with Crippen molar-refractivity contribution in [1.29, 1.82) is 0 Å². The molecule has 0 aromatic heterocycles. The van der Waals surface area contributed by atoms with Gasteiger partial charge in [0.1, 0.15) is 0 Å². The van der Waals surface area contributed by atoms with Crippen LogP contribution < -0.4 is 0 Å². The van der Waals surface area contributed by atoms with E-state index in [0.717, 1.165) is 26.1 Å². The molecule has 0 spiro atoms. The van der Waals surface area contributed by atoms with Crippen LogP contribution in [-0.2, 0) is 4.74 Å². The third-order valence-electron chi connectivity index (χ3n) is 0.697. The quantitative estimate of drug-likeness (QED) is 0.421. The van der Waals surface area contributed by atoms with Gasteiger partial charge in [-0.15, -0.1) is 0 Å². The molecule has 0 aliphatic carbocycles. The van der Waals surface area contributed by atoms with Crippen molar-refractivity contribution in [3.63, 3.8) is 0 Å². The van der Waals surface area contributed by atoms with Crippen molar-refractivity contribution in [2.45, 2.75) is 26.7 Å². The SMILES string of the molecule is CCCOCCC.[CaH2]. The van der Waals surface area contributed by atoms with Crippen LogP contribution in [0.4, 0.5) is 0 Å². The second-order valence-corrected chi connectivity index (χ2v) is 1.61. The van der Waals surface area contributed by atoms with E-state index in [2.05, 4.69) is 13.8 Å². The molecule has 0 bridgehead atoms. The Balaban J connectivity index is 0. The third kappa shape index (κ3) is 10.3. The molecule has 0 rings (SSSR count). The van der Waals surface area contributed by atoms with E-state index >= 15 is 0 Å². The molecule has 48 valence electrons. The Labute approximate surface area is 81.8 Å². The maximum absolute atomic E-state index is 5.13. The molecule has 0 aliphatic heterocycles. The van der Waals surface area contributed by atoms with Crippen LogP contribution in [0.5, 0.6) is 0 Å². The number of hydrogen-bond donors (Lipinski definition) is 0. The molecule has 0 aliphatic rings. The van der Waals surface area contributed by atoms with Gasteiger partial charge in [-0.25, -0.2) is 0 Å². The van der Waals surface area contributed by atoms with Crippen molar-refractivity contribution in [3.8, 4) is 0 Å². The second kappa shape index (κ2) is 11.1. The van der Waals surface area contributed by atoms with E-state index in [1.165, 1.54) is 0 Å². The van der Waals surface area contributed by atoms with Crippen LogP contribution in [0.3, 0.4) is 0 Å². The first-order valence-corrected chi connectivity index (χ1v) is 2.99. The van der Waals surface area contributed by atoms with Crippen molar-refractivity contribution in [2.75, 3.05) is 13.2 Å². The molecule has 0 amide bonds. The van der Waals surface area contributed by atoms with E-state index in [1.807, 2.05) is 0 Å². The van der Waals surface area contributed by atoms with Gasteiger partial charge in [-0.2, -0.15) is 0 Å². The zero-order chi connectivity index (χ0) is 5.54. The van der Waals surface area contributed by atoms with Crippen molar-refractivity contribution in [2.24, 2.45) is 0 Å². The number of ether oxygens (including phenoxy) is 1. The van der Waals surface area contributed by atoms with Crippen LogP contribution in [-0.4, -0.2) is 51.0 Å². The van der Waals surface area contributed by atoms with Gasteiger partial charge in [0.05, 0.1) is 0 Å². The van der Waals surface area contributed by atoms with E-state index < -0.39 is 0 Å². The van der Waals surface area contributed by atoms with E-state index in [-0.39, 0.29) is 37.7 Å². The molecule has 0 aromatic carbocycles. The first-order chi connectivity index (χ1) is 3.41. The molecule has 0 radical (unpaired) electrons. The van der Waals surface area contributed by atoms with Crippen molar-refractivity contribution < 1.29 is 4.74 Å². The first-order valence-electron chi connectivity index (χ1n) is 2.99. The molecular weight excluding hydrogens is 128 g/mol. The Bertz CT molecular complexity index is 27.7. The Morgan fingerprint density at radius 1 is 1.00 bits per heavy atom. The van der Waals surface area contributed by atoms with Gasteiger partial charge in [0.25, 0.3) is 0 Å². The normalized spacial score (nSPS) is 8.25. The first kappa shape index (κ1) is 12.0. The van der Waals surface area contributed by atoms with Gasteiger partial charge in [0.2, 0.25) is 0 Å². The summed E-state index contributed by atoms with van der Waals surface area (Å²) in [6.07, 6.45) is 2.28. The Morgan fingerprint density at radius 3 is 1.62 bits per heavy atom. The summed E-state index contributed by atoms with van der Waals surface area (Å²) >= 11 is 0. The summed E-state index contributed by atoms with van der Waals surface area (Å²) in [5, 5.41) is 0. The summed E-state index contributed by atoms with van der Waals surface area (Å²) in [7, 11) is 0. The molecule has 0 atom stereocenters. The molecule has 2 heteroatoms. The zero-order valence-corrected chi connectivity index (χ0v) is 5.24. The van der Waals surface area contributed by atoms with Crippen molar-refractivity contribution in [3.05, 3.63) is 0 Å². The molecule has 0 saturated carbocycles. The van der Waals surface area contributed by atoms with Crippen LogP contribution in [0.15, 0.2) is 0 Å². The molecule has 0 N–H and O–H groups in total. The van der Waals surface area contributed by atoms with Gasteiger partial charge < -0.3 is 4.74 Å². The van der Waals surface area contributed by atoms with E-state index in [9.17, 15) is 0 Å². The van der Waals surface area contributed by atoms with Crippen molar-refractivity contribution >= 4 is 37.7 Å². The average Bonchev–Trinajstić information content (AvgIpc) is 1.69. The summed E-state index contributed by atoms with van der Waals surface area (Å²) in [5.74, 6) is 0. The zero-order valence-electron chi connectivity index (χ0n) is 5.24. The summed E-state index contributed by atoms with van der Waals surface area (Å²) in [4.78, 5) is 0. The Kier molecular flexibility index (Phi) is 16.5. The fraction of sp³-hybridized carbons (Fsp3) is 1.00. The Morgan fingerprint density at radius 2 is 1.38 bits per heavy atom. The fourth-order valence-electron chi connectivity index (χ4n) is 0.391. The standard InChI is InChI=1S/C6H14O.Ca.2H/c1-3-5-7-6-4-2;;;/h3-6H2,1-2H3;;;. The Hall–Kier alpha value is 1.22. The molecular formula is C6H16CaO. The van der Waals surface area contributed by atoms with Crippen molar-refractivity contribution in [1.82, 2.24) is 0 Å². The van der Waals surface area contributed by atoms with Gasteiger partial charge in [-0.1, -0.05) is 13.8 Å². The topological polar surface area (TPSA) is 9.23 Å². The maximum atomic E-state index is 5.13. The predicted octanol–water partition coefficient (Wildman–Crippen LogP) is 0.907. The molecule has 1 nitrogen and oxygen atoms in total. The molecule has 0 saturated heterocycles. The van der Waals surface area contributed by atoms with Crippen LogP contribution >= 0.6 is 0 Å². The summed E-state index contributed by atoms with van der Waals surface area (Å²) in [6, 6.07) is 0. The number of rotatable bonds is 4. The van der Waals surface area contributed by atoms with Gasteiger partial charge in [-0.3, -0.25) is 0 Å². The molecule has 0 aromatic rings. The van der Waals surface area contributed by atoms with E-state index in [0.29, 0.717) is 0 Å². The number of hydrogen-bond acceptors (Lipinski definition) is 1. The minimum absolute atomic E-state index is 0. The molecule has 0 heterocycles. The summed E-state index contributed by atoms with van der Waals surface area (Å²) < 4.78 is 5.13. The van der Waals surface area contributed by atoms with Crippen LogP contribution in [0, 0.1) is 0 Å². The molecule has 0 fully saturated rings. The monoisotopic (exact) mass is 144 g/mol. The van der Waals surface area contributed by atoms with Gasteiger partial charge >= 0.3 is 37.7 Å². The average molecular weight is 144 g/mol. The van der Waals surface area contributed by atoms with Gasteiger partial charge in [0.15, 0.2) is 0 Å².